The number of rotatable bonds is 5. The number of hydrogen-bond donors (Lipinski definition) is 1. The number of anilines is 1. The second kappa shape index (κ2) is 8.62. The molecule has 1 saturated heterocycles. The molecular formula is C22H21ClN6O3S. The molecule has 1 aliphatic rings. The van der Waals surface area contributed by atoms with Gasteiger partial charge in [0.15, 0.2) is 0 Å². The summed E-state index contributed by atoms with van der Waals surface area (Å²) in [5.41, 5.74) is 1.98. The van der Waals surface area contributed by atoms with E-state index in [4.69, 9.17) is 11.6 Å². The number of piperazine rings is 1. The van der Waals surface area contributed by atoms with Crippen LogP contribution in [-0.4, -0.2) is 55.7 Å². The number of hydrogen-bond acceptors (Lipinski definition) is 8. The number of benzene rings is 2. The number of nitrogens with zero attached hydrogens (tertiary/aromatic N) is 6. The van der Waals surface area contributed by atoms with Crippen molar-refractivity contribution in [3.63, 3.8) is 0 Å². The van der Waals surface area contributed by atoms with Crippen molar-refractivity contribution >= 4 is 39.3 Å². The number of aromatic hydroxyl groups is 1. The molecule has 1 fully saturated rings. The minimum atomic E-state index is -0.411. The highest BCUT2D eigenvalue weighted by Gasteiger charge is 2.32. The highest BCUT2D eigenvalue weighted by Crippen LogP contribution is 2.40. The molecule has 11 heteroatoms. The Hall–Kier alpha value is -3.21. The number of aryl methyl sites for hydroxylation is 1. The first kappa shape index (κ1) is 21.6. The third-order valence-electron chi connectivity index (χ3n) is 5.83. The zero-order valence-corrected chi connectivity index (χ0v) is 19.3. The lowest BCUT2D eigenvalue weighted by molar-refractivity contribution is -0.384. The molecule has 2 aromatic carbocycles. The Bertz CT molecular complexity index is 1310. The molecule has 4 aromatic rings. The summed E-state index contributed by atoms with van der Waals surface area (Å²) in [4.78, 5) is 21.0. The average Bonchev–Trinajstić information content (AvgIpc) is 3.32. The predicted molar refractivity (Wildman–Crippen MR) is 127 cm³/mol. The van der Waals surface area contributed by atoms with Gasteiger partial charge in [-0.2, -0.15) is 4.52 Å². The number of thiazole rings is 1. The number of fused-ring (bicyclic) bond motifs is 1. The summed E-state index contributed by atoms with van der Waals surface area (Å²) in [5.74, 6) is 0.640. The zero-order valence-electron chi connectivity index (χ0n) is 17.8. The molecule has 1 N–H and O–H groups in total. The maximum absolute atomic E-state index is 11.1. The largest absolute Gasteiger partial charge is 0.492 e. The van der Waals surface area contributed by atoms with Gasteiger partial charge >= 0.3 is 0 Å². The lowest BCUT2D eigenvalue weighted by Gasteiger charge is -2.40. The summed E-state index contributed by atoms with van der Waals surface area (Å²) >= 11 is 7.55. The lowest BCUT2D eigenvalue weighted by Crippen LogP contribution is -2.47. The molecule has 0 unspecified atom stereocenters. The molecule has 0 amide bonds. The van der Waals surface area contributed by atoms with Gasteiger partial charge in [-0.05, 0) is 30.7 Å². The van der Waals surface area contributed by atoms with Gasteiger partial charge in [-0.3, -0.25) is 15.0 Å². The molecule has 170 valence electrons. The van der Waals surface area contributed by atoms with Gasteiger partial charge in [0.2, 0.25) is 10.8 Å². The fraction of sp³-hybridized carbons (Fsp3) is 0.273. The van der Waals surface area contributed by atoms with Crippen LogP contribution in [0.4, 0.5) is 11.4 Å². The van der Waals surface area contributed by atoms with E-state index < -0.39 is 4.92 Å². The Balaban J connectivity index is 1.48. The summed E-state index contributed by atoms with van der Waals surface area (Å²) in [6.07, 6.45) is 0. The fourth-order valence-corrected chi connectivity index (χ4v) is 5.59. The van der Waals surface area contributed by atoms with E-state index in [1.807, 2.05) is 24.3 Å². The molecule has 0 aliphatic carbocycles. The van der Waals surface area contributed by atoms with Crippen LogP contribution < -0.4 is 4.90 Å². The van der Waals surface area contributed by atoms with Crippen LogP contribution >= 0.6 is 22.9 Å². The van der Waals surface area contributed by atoms with Crippen LogP contribution in [0.2, 0.25) is 5.02 Å². The first-order valence-electron chi connectivity index (χ1n) is 10.4. The smallest absolute Gasteiger partial charge is 0.269 e. The van der Waals surface area contributed by atoms with Crippen LogP contribution in [0.5, 0.6) is 5.88 Å². The van der Waals surface area contributed by atoms with Gasteiger partial charge in [0, 0.05) is 49.0 Å². The monoisotopic (exact) mass is 484 g/mol. The summed E-state index contributed by atoms with van der Waals surface area (Å²) in [5, 5.41) is 27.1. The van der Waals surface area contributed by atoms with Crippen LogP contribution in [-0.2, 0) is 0 Å². The third-order valence-corrected chi connectivity index (χ3v) is 7.13. The van der Waals surface area contributed by atoms with Crippen molar-refractivity contribution in [2.45, 2.75) is 13.0 Å². The van der Waals surface area contributed by atoms with Crippen molar-refractivity contribution < 1.29 is 10.0 Å². The van der Waals surface area contributed by atoms with Gasteiger partial charge in [-0.25, -0.2) is 4.98 Å². The van der Waals surface area contributed by atoms with Crippen LogP contribution in [0, 0.1) is 17.0 Å². The van der Waals surface area contributed by atoms with Crippen LogP contribution in [0.25, 0.3) is 4.96 Å². The summed E-state index contributed by atoms with van der Waals surface area (Å²) in [6, 6.07) is 14.0. The number of nitro groups is 1. The second-order valence-corrected chi connectivity index (χ2v) is 9.34. The predicted octanol–water partition coefficient (Wildman–Crippen LogP) is 4.28. The van der Waals surface area contributed by atoms with E-state index in [0.29, 0.717) is 15.8 Å². The molecule has 33 heavy (non-hydrogen) atoms. The molecule has 0 spiro atoms. The SMILES string of the molecule is Cc1nc2sc([C@H](c3ccc([N+](=O)[O-])cc3)N3CCN(c4cccc(Cl)c4)CC3)c(O)n2n1. The quantitative estimate of drug-likeness (QED) is 0.333. The molecule has 2 aromatic heterocycles. The topological polar surface area (TPSA) is 100 Å². The normalized spacial score (nSPS) is 15.8. The fourth-order valence-electron chi connectivity index (χ4n) is 4.24. The van der Waals surface area contributed by atoms with Crippen molar-refractivity contribution in [3.05, 3.63) is 79.9 Å². The Labute approximate surface area is 198 Å². The van der Waals surface area contributed by atoms with E-state index >= 15 is 0 Å². The molecule has 0 radical (unpaired) electrons. The highest BCUT2D eigenvalue weighted by atomic mass is 35.5. The van der Waals surface area contributed by atoms with Crippen molar-refractivity contribution in [2.24, 2.45) is 0 Å². The standard InChI is InChI=1S/C22H21ClN6O3S/c1-14-24-22-28(25-14)21(30)20(33-22)19(15-5-7-17(8-6-15)29(31)32)27-11-9-26(10-12-27)18-4-2-3-16(23)13-18/h2-8,13,19,30H,9-12H2,1H3/t19-/m0/s1. The van der Waals surface area contributed by atoms with E-state index in [0.717, 1.165) is 42.3 Å². The Morgan fingerprint density at radius 3 is 2.52 bits per heavy atom. The molecular weight excluding hydrogens is 464 g/mol. The van der Waals surface area contributed by atoms with Crippen molar-refractivity contribution in [3.8, 4) is 5.88 Å². The number of non-ortho nitro benzene ring substituents is 1. The van der Waals surface area contributed by atoms with Crippen LogP contribution in [0.1, 0.15) is 22.3 Å². The minimum absolute atomic E-state index is 0.0331. The van der Waals surface area contributed by atoms with E-state index in [9.17, 15) is 15.2 Å². The summed E-state index contributed by atoms with van der Waals surface area (Å²) in [7, 11) is 0. The number of halogens is 1. The van der Waals surface area contributed by atoms with Crippen LogP contribution in [0.15, 0.2) is 48.5 Å². The molecule has 1 aliphatic heterocycles. The Morgan fingerprint density at radius 2 is 1.88 bits per heavy atom. The summed E-state index contributed by atoms with van der Waals surface area (Å²) < 4.78 is 1.45. The summed E-state index contributed by atoms with van der Waals surface area (Å²) in [6.45, 7) is 4.82. The first-order valence-corrected chi connectivity index (χ1v) is 11.6. The zero-order chi connectivity index (χ0) is 23.1. The first-order chi connectivity index (χ1) is 15.9. The van der Waals surface area contributed by atoms with Crippen LogP contribution in [0.3, 0.4) is 0 Å². The van der Waals surface area contributed by atoms with Gasteiger partial charge in [0.1, 0.15) is 5.82 Å². The van der Waals surface area contributed by atoms with Crippen molar-refractivity contribution in [1.29, 1.82) is 0 Å². The van der Waals surface area contributed by atoms with Gasteiger partial charge in [-0.15, -0.1) is 5.10 Å². The molecule has 0 saturated carbocycles. The molecule has 3 heterocycles. The van der Waals surface area contributed by atoms with Gasteiger partial charge in [0.25, 0.3) is 5.69 Å². The van der Waals surface area contributed by atoms with Crippen molar-refractivity contribution in [2.75, 3.05) is 31.1 Å². The Morgan fingerprint density at radius 1 is 1.15 bits per heavy atom. The molecule has 1 atom stereocenters. The number of aromatic nitrogens is 3. The van der Waals surface area contributed by atoms with Crippen molar-refractivity contribution in [1.82, 2.24) is 19.5 Å². The lowest BCUT2D eigenvalue weighted by atomic mass is 10.0. The highest BCUT2D eigenvalue weighted by molar-refractivity contribution is 7.17. The van der Waals surface area contributed by atoms with Gasteiger partial charge in [0.05, 0.1) is 15.8 Å². The van der Waals surface area contributed by atoms with E-state index in [1.54, 1.807) is 19.1 Å². The molecule has 9 nitrogen and oxygen atoms in total. The van der Waals surface area contributed by atoms with E-state index in [1.165, 1.54) is 28.0 Å². The third kappa shape index (κ3) is 4.12. The molecule has 0 bridgehead atoms. The average molecular weight is 485 g/mol. The maximum Gasteiger partial charge on any atom is 0.269 e. The van der Waals surface area contributed by atoms with Gasteiger partial charge < -0.3 is 10.0 Å². The minimum Gasteiger partial charge on any atom is -0.492 e. The second-order valence-electron chi connectivity index (χ2n) is 7.90. The van der Waals surface area contributed by atoms with E-state index in [-0.39, 0.29) is 17.6 Å². The number of nitro benzene ring substituents is 1. The van der Waals surface area contributed by atoms with Gasteiger partial charge in [-0.1, -0.05) is 41.1 Å². The maximum atomic E-state index is 11.1. The Kier molecular flexibility index (Phi) is 5.65. The van der Waals surface area contributed by atoms with E-state index in [2.05, 4.69) is 19.9 Å². The molecule has 5 rings (SSSR count).